The molecule has 1 heterocycles. The topological polar surface area (TPSA) is 24.1 Å². The molecule has 1 unspecified atom stereocenters. The van der Waals surface area contributed by atoms with Crippen LogP contribution in [-0.4, -0.2) is 19.1 Å². The molecule has 1 saturated heterocycles. The van der Waals surface area contributed by atoms with Crippen molar-refractivity contribution in [1.82, 2.24) is 10.6 Å². The summed E-state index contributed by atoms with van der Waals surface area (Å²) in [6, 6.07) is 9.64. The van der Waals surface area contributed by atoms with Crippen LogP contribution in [0.1, 0.15) is 31.4 Å². The van der Waals surface area contributed by atoms with Crippen LogP contribution in [0.4, 0.5) is 0 Å². The van der Waals surface area contributed by atoms with Gasteiger partial charge in [-0.05, 0) is 50.6 Å². The van der Waals surface area contributed by atoms with Crippen molar-refractivity contribution in [3.63, 3.8) is 0 Å². The Bertz CT molecular complexity index is 334. The number of piperidine rings is 1. The fourth-order valence-corrected chi connectivity index (χ4v) is 2.63. The summed E-state index contributed by atoms with van der Waals surface area (Å²) in [6.45, 7) is 4.52. The van der Waals surface area contributed by atoms with Crippen molar-refractivity contribution in [2.24, 2.45) is 0 Å². The molecule has 1 aromatic rings. The Kier molecular flexibility index (Phi) is 4.38. The van der Waals surface area contributed by atoms with E-state index in [2.05, 4.69) is 57.8 Å². The first-order valence-electron chi connectivity index (χ1n) is 5.98. The van der Waals surface area contributed by atoms with E-state index < -0.39 is 0 Å². The average Bonchev–Trinajstić information content (AvgIpc) is 2.30. The Morgan fingerprint density at radius 1 is 1.38 bits per heavy atom. The summed E-state index contributed by atoms with van der Waals surface area (Å²) >= 11 is 3.52. The van der Waals surface area contributed by atoms with Crippen LogP contribution in [0.15, 0.2) is 28.7 Å². The Hall–Kier alpha value is -0.380. The molecule has 1 aliphatic heterocycles. The first-order chi connectivity index (χ1) is 7.75. The van der Waals surface area contributed by atoms with E-state index in [4.69, 9.17) is 0 Å². The molecule has 1 aromatic carbocycles. The van der Waals surface area contributed by atoms with Crippen molar-refractivity contribution in [3.05, 3.63) is 34.3 Å². The molecule has 0 saturated carbocycles. The minimum atomic E-state index is 0.431. The lowest BCUT2D eigenvalue weighted by molar-refractivity contribution is 0.359. The highest BCUT2D eigenvalue weighted by Gasteiger charge is 2.15. The van der Waals surface area contributed by atoms with E-state index in [9.17, 15) is 0 Å². The Morgan fingerprint density at radius 3 is 2.81 bits per heavy atom. The van der Waals surface area contributed by atoms with E-state index in [0.717, 1.165) is 17.6 Å². The van der Waals surface area contributed by atoms with E-state index in [0.29, 0.717) is 12.1 Å². The SMILES string of the molecule is CC(NC1CCNCC1)c1cccc(Br)c1. The van der Waals surface area contributed by atoms with Gasteiger partial charge in [-0.2, -0.15) is 0 Å². The summed E-state index contributed by atoms with van der Waals surface area (Å²) in [4.78, 5) is 0. The lowest BCUT2D eigenvalue weighted by atomic mass is 10.0. The lowest BCUT2D eigenvalue weighted by Crippen LogP contribution is -2.40. The molecule has 0 radical (unpaired) electrons. The molecule has 2 nitrogen and oxygen atoms in total. The third-order valence-corrected chi connectivity index (χ3v) is 3.67. The van der Waals surface area contributed by atoms with Crippen LogP contribution in [0.25, 0.3) is 0 Å². The molecule has 1 aliphatic rings. The molecule has 1 fully saturated rings. The summed E-state index contributed by atoms with van der Waals surface area (Å²) in [5, 5.41) is 7.09. The molecule has 88 valence electrons. The van der Waals surface area contributed by atoms with Crippen LogP contribution >= 0.6 is 15.9 Å². The van der Waals surface area contributed by atoms with Crippen molar-refractivity contribution in [3.8, 4) is 0 Å². The molecule has 3 heteroatoms. The predicted octanol–water partition coefficient (Wildman–Crippen LogP) is 2.85. The average molecular weight is 283 g/mol. The van der Waals surface area contributed by atoms with Crippen LogP contribution < -0.4 is 10.6 Å². The smallest absolute Gasteiger partial charge is 0.0294 e. The largest absolute Gasteiger partial charge is 0.317 e. The van der Waals surface area contributed by atoms with Gasteiger partial charge in [-0.25, -0.2) is 0 Å². The second kappa shape index (κ2) is 5.80. The van der Waals surface area contributed by atoms with Gasteiger partial charge in [0, 0.05) is 16.6 Å². The van der Waals surface area contributed by atoms with Gasteiger partial charge >= 0.3 is 0 Å². The van der Waals surface area contributed by atoms with Gasteiger partial charge < -0.3 is 10.6 Å². The monoisotopic (exact) mass is 282 g/mol. The van der Waals surface area contributed by atoms with Gasteiger partial charge in [-0.15, -0.1) is 0 Å². The zero-order valence-corrected chi connectivity index (χ0v) is 11.3. The highest BCUT2D eigenvalue weighted by Crippen LogP contribution is 2.19. The van der Waals surface area contributed by atoms with Gasteiger partial charge in [-0.3, -0.25) is 0 Å². The highest BCUT2D eigenvalue weighted by atomic mass is 79.9. The molecular weight excluding hydrogens is 264 g/mol. The van der Waals surface area contributed by atoms with Crippen LogP contribution in [0.2, 0.25) is 0 Å². The minimum Gasteiger partial charge on any atom is -0.317 e. The zero-order valence-electron chi connectivity index (χ0n) is 9.67. The summed E-state index contributed by atoms with van der Waals surface area (Å²) < 4.78 is 1.16. The molecule has 16 heavy (non-hydrogen) atoms. The molecule has 0 spiro atoms. The van der Waals surface area contributed by atoms with E-state index in [1.165, 1.54) is 18.4 Å². The van der Waals surface area contributed by atoms with E-state index in [-0.39, 0.29) is 0 Å². The van der Waals surface area contributed by atoms with E-state index in [1.54, 1.807) is 0 Å². The molecule has 1 atom stereocenters. The first-order valence-corrected chi connectivity index (χ1v) is 6.77. The molecular formula is C13H19BrN2. The predicted molar refractivity (Wildman–Crippen MR) is 71.6 cm³/mol. The number of halogens is 1. The van der Waals surface area contributed by atoms with Crippen LogP contribution in [-0.2, 0) is 0 Å². The summed E-state index contributed by atoms with van der Waals surface area (Å²) in [6.07, 6.45) is 2.47. The second-order valence-electron chi connectivity index (χ2n) is 4.47. The lowest BCUT2D eigenvalue weighted by Gasteiger charge is -2.27. The molecule has 2 rings (SSSR count). The van der Waals surface area contributed by atoms with Gasteiger partial charge in [0.15, 0.2) is 0 Å². The van der Waals surface area contributed by atoms with Crippen LogP contribution in [0.3, 0.4) is 0 Å². The zero-order chi connectivity index (χ0) is 11.4. The molecule has 0 aromatic heterocycles. The van der Waals surface area contributed by atoms with Gasteiger partial charge in [-0.1, -0.05) is 28.1 Å². The van der Waals surface area contributed by atoms with E-state index >= 15 is 0 Å². The Balaban J connectivity index is 1.94. The number of nitrogens with one attached hydrogen (secondary N) is 2. The van der Waals surface area contributed by atoms with Crippen LogP contribution in [0.5, 0.6) is 0 Å². The first kappa shape index (κ1) is 12.1. The van der Waals surface area contributed by atoms with Crippen molar-refractivity contribution in [2.75, 3.05) is 13.1 Å². The molecule has 2 N–H and O–H groups in total. The van der Waals surface area contributed by atoms with Crippen molar-refractivity contribution in [2.45, 2.75) is 31.8 Å². The van der Waals surface area contributed by atoms with Crippen molar-refractivity contribution < 1.29 is 0 Å². The summed E-state index contributed by atoms with van der Waals surface area (Å²) in [7, 11) is 0. The minimum absolute atomic E-state index is 0.431. The maximum Gasteiger partial charge on any atom is 0.0294 e. The second-order valence-corrected chi connectivity index (χ2v) is 5.38. The fourth-order valence-electron chi connectivity index (χ4n) is 2.21. The van der Waals surface area contributed by atoms with Gasteiger partial charge in [0.25, 0.3) is 0 Å². The van der Waals surface area contributed by atoms with Gasteiger partial charge in [0.05, 0.1) is 0 Å². The molecule has 0 amide bonds. The van der Waals surface area contributed by atoms with Gasteiger partial charge in [0.2, 0.25) is 0 Å². The van der Waals surface area contributed by atoms with Gasteiger partial charge in [0.1, 0.15) is 0 Å². The van der Waals surface area contributed by atoms with Crippen molar-refractivity contribution >= 4 is 15.9 Å². The molecule has 0 aliphatic carbocycles. The van der Waals surface area contributed by atoms with Crippen LogP contribution in [0, 0.1) is 0 Å². The summed E-state index contributed by atoms with van der Waals surface area (Å²) in [5.74, 6) is 0. The standard InChI is InChI=1S/C13H19BrN2/c1-10(11-3-2-4-12(14)9-11)16-13-5-7-15-8-6-13/h2-4,9-10,13,15-16H,5-8H2,1H3. The highest BCUT2D eigenvalue weighted by molar-refractivity contribution is 9.10. The van der Waals surface area contributed by atoms with E-state index in [1.807, 2.05) is 0 Å². The third kappa shape index (κ3) is 3.30. The summed E-state index contributed by atoms with van der Waals surface area (Å²) in [5.41, 5.74) is 1.35. The maximum atomic E-state index is 3.70. The molecule has 0 bridgehead atoms. The maximum absolute atomic E-state index is 3.70. The third-order valence-electron chi connectivity index (χ3n) is 3.17. The van der Waals surface area contributed by atoms with Crippen molar-refractivity contribution in [1.29, 1.82) is 0 Å². The number of rotatable bonds is 3. The number of benzene rings is 1. The fraction of sp³-hybridized carbons (Fsp3) is 0.538. The number of hydrogen-bond donors (Lipinski definition) is 2. The Morgan fingerprint density at radius 2 is 2.12 bits per heavy atom. The number of hydrogen-bond acceptors (Lipinski definition) is 2. The Labute approximate surface area is 106 Å². The normalized spacial score (nSPS) is 19.6. The quantitative estimate of drug-likeness (QED) is 0.891.